The second-order valence-electron chi connectivity index (χ2n) is 17.7. The molecule has 13 heteroatoms. The average Bonchev–Trinajstić information content (AvgIpc) is 3.27. The van der Waals surface area contributed by atoms with Gasteiger partial charge in [-0.3, -0.25) is 13.8 Å². The Bertz CT molecular complexity index is 1180. The van der Waals surface area contributed by atoms with Crippen LogP contribution in [0.5, 0.6) is 0 Å². The number of esters is 1. The van der Waals surface area contributed by atoms with Crippen LogP contribution in [-0.2, 0) is 27.9 Å². The summed E-state index contributed by atoms with van der Waals surface area (Å²) in [5.74, 6) is -0.482. The Morgan fingerprint density at radius 1 is 0.508 bits per heavy atom. The second kappa shape index (κ2) is 40.8. The minimum absolute atomic E-state index is 0.0770. The van der Waals surface area contributed by atoms with Crippen molar-refractivity contribution in [3.8, 4) is 0 Å². The lowest BCUT2D eigenvalue weighted by Crippen LogP contribution is -2.64. The number of aliphatic hydroxyl groups excluding tert-OH is 5. The SMILES string of the molecule is CCCCCCC/C=C\C/C=C\C/C=C\CCCCCCCCCCC(=O)OC(COCCCCCCCCCCCCCCC)COP(=O)(O)OC1C(O)C(O)C(O)C(O)C1O. The predicted octanol–water partition coefficient (Wildman–Crippen LogP) is 11.0. The van der Waals surface area contributed by atoms with Gasteiger partial charge in [-0.25, -0.2) is 4.57 Å². The van der Waals surface area contributed by atoms with Crippen molar-refractivity contribution in [2.24, 2.45) is 0 Å². The summed E-state index contributed by atoms with van der Waals surface area (Å²) in [6.07, 6.45) is 36.4. The average molecular weight is 917 g/mol. The maximum absolute atomic E-state index is 12.8. The number of aliphatic hydroxyl groups is 5. The van der Waals surface area contributed by atoms with Crippen LogP contribution < -0.4 is 0 Å². The molecule has 0 spiro atoms. The molecule has 370 valence electrons. The summed E-state index contributed by atoms with van der Waals surface area (Å²) in [6, 6.07) is 0. The van der Waals surface area contributed by atoms with Gasteiger partial charge in [-0.2, -0.15) is 0 Å². The fourth-order valence-corrected chi connectivity index (χ4v) is 8.69. The van der Waals surface area contributed by atoms with Crippen LogP contribution >= 0.6 is 7.82 Å². The highest BCUT2D eigenvalue weighted by Crippen LogP contribution is 2.47. The normalized spacial score (nSPS) is 22.1. The van der Waals surface area contributed by atoms with Crippen molar-refractivity contribution < 1.29 is 58.3 Å². The van der Waals surface area contributed by atoms with Gasteiger partial charge >= 0.3 is 13.8 Å². The van der Waals surface area contributed by atoms with Gasteiger partial charge in [0.15, 0.2) is 0 Å². The van der Waals surface area contributed by atoms with Crippen molar-refractivity contribution in [2.45, 2.75) is 256 Å². The van der Waals surface area contributed by atoms with Crippen molar-refractivity contribution in [3.05, 3.63) is 36.5 Å². The van der Waals surface area contributed by atoms with Gasteiger partial charge in [-0.1, -0.05) is 192 Å². The molecule has 0 amide bonds. The zero-order chi connectivity index (χ0) is 46.2. The van der Waals surface area contributed by atoms with Crippen LogP contribution in [0.15, 0.2) is 36.5 Å². The molecular weight excluding hydrogens is 824 g/mol. The molecule has 6 unspecified atom stereocenters. The first-order chi connectivity index (χ1) is 30.5. The number of hydrogen-bond donors (Lipinski definition) is 6. The molecule has 1 fully saturated rings. The van der Waals surface area contributed by atoms with Crippen LogP contribution in [0.25, 0.3) is 0 Å². The number of ether oxygens (including phenoxy) is 2. The predicted molar refractivity (Wildman–Crippen MR) is 253 cm³/mol. The summed E-state index contributed by atoms with van der Waals surface area (Å²) in [7, 11) is -5.02. The lowest BCUT2D eigenvalue weighted by Gasteiger charge is -2.41. The monoisotopic (exact) mass is 917 g/mol. The van der Waals surface area contributed by atoms with E-state index < -0.39 is 63.1 Å². The molecule has 0 aromatic heterocycles. The van der Waals surface area contributed by atoms with Gasteiger partial charge in [0.1, 0.15) is 42.7 Å². The molecule has 6 N–H and O–H groups in total. The summed E-state index contributed by atoms with van der Waals surface area (Å²) in [4.78, 5) is 23.2. The Balaban J connectivity index is 2.33. The zero-order valence-corrected chi connectivity index (χ0v) is 40.5. The molecule has 0 bridgehead atoms. The van der Waals surface area contributed by atoms with Crippen LogP contribution in [0, 0.1) is 0 Å². The number of phosphoric acid groups is 1. The molecular formula is C50H93O12P. The molecule has 63 heavy (non-hydrogen) atoms. The van der Waals surface area contributed by atoms with Crippen molar-refractivity contribution >= 4 is 13.8 Å². The van der Waals surface area contributed by atoms with E-state index in [1.165, 1.54) is 122 Å². The van der Waals surface area contributed by atoms with E-state index in [1.807, 2.05) is 0 Å². The fourth-order valence-electron chi connectivity index (χ4n) is 7.72. The minimum Gasteiger partial charge on any atom is -0.457 e. The van der Waals surface area contributed by atoms with Crippen molar-refractivity contribution in [1.29, 1.82) is 0 Å². The third kappa shape index (κ3) is 32.8. The first-order valence-electron chi connectivity index (χ1n) is 25.3. The van der Waals surface area contributed by atoms with E-state index in [9.17, 15) is 39.8 Å². The first kappa shape index (κ1) is 59.6. The Morgan fingerprint density at radius 2 is 0.889 bits per heavy atom. The summed E-state index contributed by atoms with van der Waals surface area (Å²) >= 11 is 0. The molecule has 1 saturated carbocycles. The number of unbranched alkanes of at least 4 members (excludes halogenated alkanes) is 25. The van der Waals surface area contributed by atoms with Gasteiger partial charge in [0.25, 0.3) is 0 Å². The number of hydrogen-bond acceptors (Lipinski definition) is 11. The van der Waals surface area contributed by atoms with Gasteiger partial charge in [-0.05, 0) is 51.4 Å². The molecule has 1 aliphatic carbocycles. The van der Waals surface area contributed by atoms with Crippen LogP contribution in [0.3, 0.4) is 0 Å². The molecule has 0 saturated heterocycles. The van der Waals surface area contributed by atoms with E-state index in [0.29, 0.717) is 13.0 Å². The lowest BCUT2D eigenvalue weighted by molar-refractivity contribution is -0.220. The maximum Gasteiger partial charge on any atom is 0.472 e. The highest BCUT2D eigenvalue weighted by Gasteiger charge is 2.51. The molecule has 1 aliphatic rings. The standard InChI is InChI=1S/C50H93O12P/c1-3-5-7-9-11-13-15-17-18-19-20-21-22-23-24-25-26-27-29-31-33-35-37-39-44(51)61-43(41-59-40-38-36-34-32-30-28-16-14-12-10-8-6-4-2)42-60-63(57,58)62-50-48(55)46(53)45(52)47(54)49(50)56/h15,17,19-20,22-23,43,45-50,52-56H,3-14,16,18,21,24-42H2,1-2H3,(H,57,58)/b17-15-,20-19-,23-22-. The molecule has 0 radical (unpaired) electrons. The number of carbonyl (C=O) groups excluding carboxylic acids is 1. The minimum atomic E-state index is -5.02. The number of allylic oxidation sites excluding steroid dienone is 6. The summed E-state index contributed by atoms with van der Waals surface area (Å²) in [5.41, 5.74) is 0. The Kier molecular flexibility index (Phi) is 38.6. The van der Waals surface area contributed by atoms with Crippen LogP contribution in [0.1, 0.15) is 213 Å². The van der Waals surface area contributed by atoms with Crippen molar-refractivity contribution in [3.63, 3.8) is 0 Å². The van der Waals surface area contributed by atoms with E-state index >= 15 is 0 Å². The van der Waals surface area contributed by atoms with E-state index in [0.717, 1.165) is 64.2 Å². The largest absolute Gasteiger partial charge is 0.472 e. The van der Waals surface area contributed by atoms with Crippen molar-refractivity contribution in [1.82, 2.24) is 0 Å². The highest BCUT2D eigenvalue weighted by molar-refractivity contribution is 7.47. The van der Waals surface area contributed by atoms with E-state index in [2.05, 4.69) is 50.3 Å². The summed E-state index contributed by atoms with van der Waals surface area (Å²) < 4.78 is 34.2. The fraction of sp³-hybridized carbons (Fsp3) is 0.860. The van der Waals surface area contributed by atoms with Crippen molar-refractivity contribution in [2.75, 3.05) is 19.8 Å². The Hall–Kier alpha value is -1.44. The second-order valence-corrected chi connectivity index (χ2v) is 19.1. The Labute approximate surface area is 382 Å². The molecule has 12 nitrogen and oxygen atoms in total. The van der Waals surface area contributed by atoms with Crippen LogP contribution in [0.4, 0.5) is 0 Å². The molecule has 1 rings (SSSR count). The van der Waals surface area contributed by atoms with Gasteiger partial charge in [0.05, 0.1) is 13.2 Å². The highest BCUT2D eigenvalue weighted by atomic mass is 31.2. The molecule has 0 aromatic carbocycles. The lowest BCUT2D eigenvalue weighted by atomic mass is 9.85. The number of phosphoric ester groups is 1. The molecule has 0 aliphatic heterocycles. The third-order valence-electron chi connectivity index (χ3n) is 11.8. The summed E-state index contributed by atoms with van der Waals surface area (Å²) in [5, 5.41) is 50.2. The molecule has 6 atom stereocenters. The van der Waals surface area contributed by atoms with Gasteiger partial charge < -0.3 is 39.9 Å². The van der Waals surface area contributed by atoms with E-state index in [-0.39, 0.29) is 13.0 Å². The quantitative estimate of drug-likeness (QED) is 0.0147. The molecule has 0 aromatic rings. The number of carbonyl (C=O) groups is 1. The smallest absolute Gasteiger partial charge is 0.457 e. The zero-order valence-electron chi connectivity index (χ0n) is 39.6. The van der Waals surface area contributed by atoms with Gasteiger partial charge in [0, 0.05) is 13.0 Å². The summed E-state index contributed by atoms with van der Waals surface area (Å²) in [6.45, 7) is 4.26. The van der Waals surface area contributed by atoms with E-state index in [4.69, 9.17) is 18.5 Å². The third-order valence-corrected chi connectivity index (χ3v) is 12.8. The Morgan fingerprint density at radius 3 is 1.35 bits per heavy atom. The topological polar surface area (TPSA) is 192 Å². The molecule has 0 heterocycles. The first-order valence-corrected chi connectivity index (χ1v) is 26.8. The van der Waals surface area contributed by atoms with Crippen LogP contribution in [0.2, 0.25) is 0 Å². The van der Waals surface area contributed by atoms with Gasteiger partial charge in [0.2, 0.25) is 0 Å². The van der Waals surface area contributed by atoms with E-state index in [1.54, 1.807) is 0 Å². The number of rotatable bonds is 43. The maximum atomic E-state index is 12.8. The van der Waals surface area contributed by atoms with Gasteiger partial charge in [-0.15, -0.1) is 0 Å². The van der Waals surface area contributed by atoms with Crippen LogP contribution in [-0.4, -0.2) is 98.9 Å².